The summed E-state index contributed by atoms with van der Waals surface area (Å²) in [6.07, 6.45) is 2.67. The molecule has 0 aliphatic carbocycles. The van der Waals surface area contributed by atoms with E-state index < -0.39 is 26.7 Å². The highest BCUT2D eigenvalue weighted by Crippen LogP contribution is 2.30. The molecule has 0 aliphatic rings. The summed E-state index contributed by atoms with van der Waals surface area (Å²) in [5, 5.41) is 32.0. The minimum absolute atomic E-state index is 0.0487. The van der Waals surface area contributed by atoms with E-state index in [2.05, 4.69) is 4.98 Å². The summed E-state index contributed by atoms with van der Waals surface area (Å²) >= 11 is 0. The second kappa shape index (κ2) is 9.07. The standard InChI is InChI=1S/C21H16N4O7/c1-12-3-4-13(9-18(12)24(27)28)19-8-6-14(32-19)5-7-17-20(25(29)30)16(11-31-2)15(10-22)21(26)23-17/h3-9H,11H2,1-2H3,(H,23,26). The lowest BCUT2D eigenvalue weighted by molar-refractivity contribution is -0.386. The molecule has 0 saturated carbocycles. The van der Waals surface area contributed by atoms with E-state index in [9.17, 15) is 30.3 Å². The SMILES string of the molecule is COCc1c([N+](=O)[O-])c(C=Cc2ccc(-c3ccc(C)c([N+](=O)[O-])c3)o2)[nH]c(=O)c1C#N. The first-order chi connectivity index (χ1) is 15.3. The van der Waals surface area contributed by atoms with Gasteiger partial charge in [0.05, 0.1) is 22.0 Å². The number of pyridine rings is 1. The van der Waals surface area contributed by atoms with Crippen molar-refractivity contribution in [2.75, 3.05) is 7.11 Å². The van der Waals surface area contributed by atoms with E-state index in [0.717, 1.165) is 0 Å². The number of aromatic nitrogens is 1. The van der Waals surface area contributed by atoms with Gasteiger partial charge >= 0.3 is 0 Å². The molecule has 0 spiro atoms. The molecular weight excluding hydrogens is 420 g/mol. The van der Waals surface area contributed by atoms with Crippen molar-refractivity contribution in [1.29, 1.82) is 5.26 Å². The Bertz CT molecular complexity index is 1350. The summed E-state index contributed by atoms with van der Waals surface area (Å²) in [5.74, 6) is 0.645. The average molecular weight is 436 g/mol. The van der Waals surface area contributed by atoms with Crippen LogP contribution in [0.2, 0.25) is 0 Å². The number of methoxy groups -OCH3 is 1. The van der Waals surface area contributed by atoms with Gasteiger partial charge in [-0.2, -0.15) is 5.26 Å². The minimum Gasteiger partial charge on any atom is -0.457 e. The van der Waals surface area contributed by atoms with E-state index in [1.165, 1.54) is 25.3 Å². The van der Waals surface area contributed by atoms with Crippen LogP contribution in [-0.2, 0) is 11.3 Å². The number of aryl methyl sites for hydroxylation is 1. The van der Waals surface area contributed by atoms with Crippen LogP contribution in [0, 0.1) is 38.5 Å². The summed E-state index contributed by atoms with van der Waals surface area (Å²) in [6, 6.07) is 9.50. The molecule has 0 atom stereocenters. The number of hydrogen-bond donors (Lipinski definition) is 1. The first kappa shape index (κ1) is 22.1. The molecule has 0 saturated heterocycles. The van der Waals surface area contributed by atoms with Gasteiger partial charge in [0.2, 0.25) is 0 Å². The lowest BCUT2D eigenvalue weighted by atomic mass is 10.1. The van der Waals surface area contributed by atoms with Crippen molar-refractivity contribution in [3.8, 4) is 17.4 Å². The number of benzene rings is 1. The highest BCUT2D eigenvalue weighted by Gasteiger charge is 2.25. The third-order valence-electron chi connectivity index (χ3n) is 4.63. The number of nitro benzene ring substituents is 1. The van der Waals surface area contributed by atoms with Gasteiger partial charge in [-0.05, 0) is 31.2 Å². The Hall–Kier alpha value is -4.56. The smallest absolute Gasteiger partial charge is 0.299 e. The third-order valence-corrected chi connectivity index (χ3v) is 4.63. The van der Waals surface area contributed by atoms with Gasteiger partial charge < -0.3 is 14.1 Å². The lowest BCUT2D eigenvalue weighted by Gasteiger charge is -2.06. The van der Waals surface area contributed by atoms with Crippen molar-refractivity contribution >= 4 is 23.5 Å². The third kappa shape index (κ3) is 4.30. The van der Waals surface area contributed by atoms with Crippen LogP contribution in [0.4, 0.5) is 11.4 Å². The quantitative estimate of drug-likeness (QED) is 0.429. The molecule has 0 unspecified atom stereocenters. The second-order valence-corrected chi connectivity index (χ2v) is 6.67. The number of nitrogens with one attached hydrogen (secondary N) is 1. The molecule has 0 bridgehead atoms. The molecule has 2 aromatic heterocycles. The van der Waals surface area contributed by atoms with Gasteiger partial charge in [0, 0.05) is 24.3 Å². The van der Waals surface area contributed by atoms with Gasteiger partial charge in [-0.15, -0.1) is 0 Å². The number of nitro groups is 2. The number of H-pyrrole nitrogens is 1. The van der Waals surface area contributed by atoms with E-state index in [-0.39, 0.29) is 29.3 Å². The van der Waals surface area contributed by atoms with Crippen LogP contribution >= 0.6 is 0 Å². The van der Waals surface area contributed by atoms with Crippen LogP contribution in [0.3, 0.4) is 0 Å². The number of furan rings is 1. The topological polar surface area (TPSA) is 165 Å². The molecule has 0 amide bonds. The van der Waals surface area contributed by atoms with E-state index in [0.29, 0.717) is 16.9 Å². The Kier molecular flexibility index (Phi) is 6.27. The fourth-order valence-electron chi connectivity index (χ4n) is 3.12. The first-order valence-electron chi connectivity index (χ1n) is 9.12. The number of rotatable bonds is 7. The molecule has 11 nitrogen and oxygen atoms in total. The van der Waals surface area contributed by atoms with Gasteiger partial charge in [-0.1, -0.05) is 12.1 Å². The summed E-state index contributed by atoms with van der Waals surface area (Å²) < 4.78 is 10.6. The van der Waals surface area contributed by atoms with Crippen molar-refractivity contribution in [2.24, 2.45) is 0 Å². The Labute approximate surface area is 180 Å². The van der Waals surface area contributed by atoms with Crippen molar-refractivity contribution < 1.29 is 19.0 Å². The van der Waals surface area contributed by atoms with Crippen LogP contribution in [0.1, 0.15) is 28.1 Å². The van der Waals surface area contributed by atoms with Crippen LogP contribution in [-0.4, -0.2) is 21.9 Å². The average Bonchev–Trinajstić information content (AvgIpc) is 3.21. The second-order valence-electron chi connectivity index (χ2n) is 6.67. The molecule has 3 aromatic rings. The minimum atomic E-state index is -0.781. The fourth-order valence-corrected chi connectivity index (χ4v) is 3.12. The molecule has 0 aliphatic heterocycles. The van der Waals surface area contributed by atoms with Gasteiger partial charge in [-0.3, -0.25) is 25.0 Å². The van der Waals surface area contributed by atoms with Crippen LogP contribution in [0.5, 0.6) is 0 Å². The lowest BCUT2D eigenvalue weighted by Crippen LogP contribution is -2.18. The fraction of sp³-hybridized carbons (Fsp3) is 0.143. The normalized spacial score (nSPS) is 10.9. The van der Waals surface area contributed by atoms with Crippen LogP contribution in [0.25, 0.3) is 23.5 Å². The Morgan fingerprint density at radius 1 is 1.19 bits per heavy atom. The summed E-state index contributed by atoms with van der Waals surface area (Å²) in [4.78, 5) is 36.1. The maximum atomic E-state index is 12.2. The number of nitrogens with zero attached hydrogens (tertiary/aromatic N) is 3. The van der Waals surface area contributed by atoms with Crippen molar-refractivity contribution in [3.05, 3.63) is 89.1 Å². The molecule has 2 heterocycles. The zero-order chi connectivity index (χ0) is 23.4. The number of nitriles is 1. The number of hydrogen-bond acceptors (Lipinski definition) is 8. The van der Waals surface area contributed by atoms with Crippen LogP contribution in [0.15, 0.2) is 39.5 Å². The molecule has 1 aromatic carbocycles. The van der Waals surface area contributed by atoms with E-state index in [4.69, 9.17) is 9.15 Å². The van der Waals surface area contributed by atoms with Gasteiger partial charge in [0.1, 0.15) is 28.8 Å². The largest absolute Gasteiger partial charge is 0.457 e. The molecular formula is C21H16N4O7. The van der Waals surface area contributed by atoms with Crippen molar-refractivity contribution in [2.45, 2.75) is 13.5 Å². The Morgan fingerprint density at radius 2 is 1.94 bits per heavy atom. The van der Waals surface area contributed by atoms with Crippen molar-refractivity contribution in [1.82, 2.24) is 4.98 Å². The predicted octanol–water partition coefficient (Wildman–Crippen LogP) is 3.95. The molecule has 162 valence electrons. The zero-order valence-electron chi connectivity index (χ0n) is 16.9. The maximum Gasteiger partial charge on any atom is 0.299 e. The van der Waals surface area contributed by atoms with E-state index in [1.54, 1.807) is 37.3 Å². The summed E-state index contributed by atoms with van der Waals surface area (Å²) in [6.45, 7) is 1.34. The summed E-state index contributed by atoms with van der Waals surface area (Å²) in [5.41, 5.74) is -0.941. The number of aromatic amines is 1. The Balaban J connectivity index is 2.01. The molecule has 0 fully saturated rings. The molecule has 1 N–H and O–H groups in total. The molecule has 32 heavy (non-hydrogen) atoms. The number of ether oxygens (including phenoxy) is 1. The Morgan fingerprint density at radius 3 is 2.56 bits per heavy atom. The predicted molar refractivity (Wildman–Crippen MR) is 114 cm³/mol. The monoisotopic (exact) mass is 436 g/mol. The van der Waals surface area contributed by atoms with E-state index >= 15 is 0 Å². The molecule has 11 heteroatoms. The highest BCUT2D eigenvalue weighted by molar-refractivity contribution is 5.74. The highest BCUT2D eigenvalue weighted by atomic mass is 16.6. The van der Waals surface area contributed by atoms with Crippen LogP contribution < -0.4 is 5.56 Å². The first-order valence-corrected chi connectivity index (χ1v) is 9.12. The maximum absolute atomic E-state index is 12.2. The van der Waals surface area contributed by atoms with Gasteiger partial charge in [0.25, 0.3) is 16.9 Å². The summed E-state index contributed by atoms with van der Waals surface area (Å²) in [7, 11) is 1.29. The molecule has 3 rings (SSSR count). The zero-order valence-corrected chi connectivity index (χ0v) is 16.9. The van der Waals surface area contributed by atoms with Crippen molar-refractivity contribution in [3.63, 3.8) is 0 Å². The molecule has 0 radical (unpaired) electrons. The van der Waals surface area contributed by atoms with Gasteiger partial charge in [0.15, 0.2) is 0 Å². The van der Waals surface area contributed by atoms with Gasteiger partial charge in [-0.25, -0.2) is 0 Å². The van der Waals surface area contributed by atoms with E-state index in [1.807, 2.05) is 0 Å².